The van der Waals surface area contributed by atoms with Crippen molar-refractivity contribution < 1.29 is 19.1 Å². The maximum Gasteiger partial charge on any atom is 0.310 e. The van der Waals surface area contributed by atoms with Crippen molar-refractivity contribution in [1.29, 1.82) is 0 Å². The molecule has 6 heteroatoms. The van der Waals surface area contributed by atoms with E-state index in [1.54, 1.807) is 18.9 Å². The molecule has 22 heavy (non-hydrogen) atoms. The molecule has 0 aromatic carbocycles. The molecule has 1 saturated heterocycles. The number of carbonyl (C=O) groups is 2. The summed E-state index contributed by atoms with van der Waals surface area (Å²) in [4.78, 5) is 26.1. The molecule has 2 rings (SSSR count). The van der Waals surface area contributed by atoms with E-state index in [0.29, 0.717) is 6.54 Å². The summed E-state index contributed by atoms with van der Waals surface area (Å²) in [7, 11) is 3.05. The summed E-state index contributed by atoms with van der Waals surface area (Å²) in [6.07, 6.45) is 1.89. The summed E-state index contributed by atoms with van der Waals surface area (Å²) in [6, 6.07) is 0. The van der Waals surface area contributed by atoms with Crippen molar-refractivity contribution in [3.05, 3.63) is 0 Å². The first-order chi connectivity index (χ1) is 10.2. The number of amides is 1. The second kappa shape index (κ2) is 5.81. The van der Waals surface area contributed by atoms with Gasteiger partial charge in [0, 0.05) is 31.5 Å². The van der Waals surface area contributed by atoms with Gasteiger partial charge in [-0.2, -0.15) is 0 Å². The molecular formula is C16H28N2O4. The highest BCUT2D eigenvalue weighted by atomic mass is 16.5. The molecule has 2 aliphatic rings. The second-order valence-corrected chi connectivity index (χ2v) is 7.24. The number of likely N-dealkylation sites (N-methyl/N-ethyl adjacent to an activating group) is 1. The Balaban J connectivity index is 2.12. The van der Waals surface area contributed by atoms with Crippen LogP contribution in [0.25, 0.3) is 0 Å². The van der Waals surface area contributed by atoms with E-state index in [-0.39, 0.29) is 29.8 Å². The molecule has 1 aliphatic heterocycles. The molecule has 0 aromatic heterocycles. The lowest BCUT2D eigenvalue weighted by molar-refractivity contribution is -0.229. The second-order valence-electron chi connectivity index (χ2n) is 7.24. The third kappa shape index (κ3) is 2.33. The van der Waals surface area contributed by atoms with Crippen molar-refractivity contribution in [3.63, 3.8) is 0 Å². The number of ether oxygens (including phenoxy) is 2. The molecule has 1 amide bonds. The lowest BCUT2D eigenvalue weighted by Crippen LogP contribution is -2.82. The minimum atomic E-state index is -0.928. The molecule has 0 aromatic rings. The van der Waals surface area contributed by atoms with Crippen LogP contribution in [0, 0.1) is 17.3 Å². The zero-order chi connectivity index (χ0) is 16.7. The highest BCUT2D eigenvalue weighted by Gasteiger charge is 2.70. The summed E-state index contributed by atoms with van der Waals surface area (Å²) < 4.78 is 10.5. The maximum atomic E-state index is 13.0. The Bertz CT molecular complexity index is 465. The van der Waals surface area contributed by atoms with Crippen LogP contribution in [0.4, 0.5) is 0 Å². The van der Waals surface area contributed by atoms with Gasteiger partial charge in [0.25, 0.3) is 0 Å². The van der Waals surface area contributed by atoms with Crippen LogP contribution >= 0.6 is 0 Å². The molecule has 4 atom stereocenters. The van der Waals surface area contributed by atoms with Crippen molar-refractivity contribution in [1.82, 2.24) is 4.90 Å². The highest BCUT2D eigenvalue weighted by Crippen LogP contribution is 2.57. The van der Waals surface area contributed by atoms with E-state index in [1.807, 2.05) is 13.8 Å². The standard InChI is InChI=1S/C16H28N2O4/c1-10(13(19)21-5)9-18(4)14(20)16(17)11-7-6-8-22-12(11)15(16,2)3/h10-12H,6-9,17H2,1-5H3. The third-order valence-electron chi connectivity index (χ3n) is 5.54. The Kier molecular flexibility index (Phi) is 4.55. The molecule has 4 unspecified atom stereocenters. The predicted molar refractivity (Wildman–Crippen MR) is 82.0 cm³/mol. The van der Waals surface area contributed by atoms with Gasteiger partial charge in [-0.1, -0.05) is 20.8 Å². The minimum absolute atomic E-state index is 0.0432. The summed E-state index contributed by atoms with van der Waals surface area (Å²) in [6.45, 7) is 6.78. The van der Waals surface area contributed by atoms with Crippen LogP contribution < -0.4 is 5.73 Å². The summed E-state index contributed by atoms with van der Waals surface area (Å²) >= 11 is 0. The number of methoxy groups -OCH3 is 1. The summed E-state index contributed by atoms with van der Waals surface area (Å²) in [5.74, 6) is -0.749. The van der Waals surface area contributed by atoms with E-state index in [2.05, 4.69) is 0 Å². The fourth-order valence-corrected chi connectivity index (χ4v) is 4.10. The lowest BCUT2D eigenvalue weighted by Gasteiger charge is -2.65. The Morgan fingerprint density at radius 3 is 2.68 bits per heavy atom. The van der Waals surface area contributed by atoms with E-state index in [1.165, 1.54) is 7.11 Å². The number of hydrogen-bond acceptors (Lipinski definition) is 5. The van der Waals surface area contributed by atoms with Crippen molar-refractivity contribution in [2.75, 3.05) is 27.3 Å². The zero-order valence-electron chi connectivity index (χ0n) is 14.2. The molecule has 2 N–H and O–H groups in total. The molecular weight excluding hydrogens is 284 g/mol. The molecule has 6 nitrogen and oxygen atoms in total. The monoisotopic (exact) mass is 312 g/mol. The number of hydrogen-bond donors (Lipinski definition) is 1. The van der Waals surface area contributed by atoms with Gasteiger partial charge in [0.1, 0.15) is 5.54 Å². The van der Waals surface area contributed by atoms with Crippen molar-refractivity contribution in [2.24, 2.45) is 23.0 Å². The van der Waals surface area contributed by atoms with Crippen LogP contribution in [0.15, 0.2) is 0 Å². The fraction of sp³-hybridized carbons (Fsp3) is 0.875. The zero-order valence-corrected chi connectivity index (χ0v) is 14.2. The van der Waals surface area contributed by atoms with Crippen molar-refractivity contribution in [3.8, 4) is 0 Å². The third-order valence-corrected chi connectivity index (χ3v) is 5.54. The van der Waals surface area contributed by atoms with E-state index < -0.39 is 11.0 Å². The molecule has 0 radical (unpaired) electrons. The molecule has 0 spiro atoms. The number of esters is 1. The molecule has 1 heterocycles. The molecule has 2 fully saturated rings. The van der Waals surface area contributed by atoms with Crippen LogP contribution in [-0.2, 0) is 19.1 Å². The molecule has 1 aliphatic carbocycles. The number of fused-ring (bicyclic) bond motifs is 1. The Morgan fingerprint density at radius 2 is 2.09 bits per heavy atom. The Hall–Kier alpha value is -1.14. The molecule has 126 valence electrons. The van der Waals surface area contributed by atoms with Crippen molar-refractivity contribution in [2.45, 2.75) is 45.3 Å². The van der Waals surface area contributed by atoms with Crippen LogP contribution in [0.5, 0.6) is 0 Å². The van der Waals surface area contributed by atoms with Gasteiger partial charge in [-0.3, -0.25) is 9.59 Å². The van der Waals surface area contributed by atoms with Gasteiger partial charge in [0.2, 0.25) is 5.91 Å². The fourth-order valence-electron chi connectivity index (χ4n) is 4.10. The van der Waals surface area contributed by atoms with Gasteiger partial charge in [0.15, 0.2) is 0 Å². The lowest BCUT2D eigenvalue weighted by atomic mass is 9.46. The highest BCUT2D eigenvalue weighted by molar-refractivity contribution is 5.89. The summed E-state index contributed by atoms with van der Waals surface area (Å²) in [5.41, 5.74) is 5.24. The number of carbonyl (C=O) groups excluding carboxylic acids is 2. The van der Waals surface area contributed by atoms with Crippen LogP contribution in [0.3, 0.4) is 0 Å². The van der Waals surface area contributed by atoms with Gasteiger partial charge in [-0.05, 0) is 12.8 Å². The first-order valence-electron chi connectivity index (χ1n) is 7.91. The van der Waals surface area contributed by atoms with Crippen molar-refractivity contribution >= 4 is 11.9 Å². The molecule has 0 bridgehead atoms. The Labute approximate surface area is 132 Å². The van der Waals surface area contributed by atoms with E-state index in [9.17, 15) is 9.59 Å². The average Bonchev–Trinajstić information content (AvgIpc) is 2.52. The van der Waals surface area contributed by atoms with Gasteiger partial charge >= 0.3 is 5.97 Å². The normalized spacial score (nSPS) is 34.1. The van der Waals surface area contributed by atoms with E-state index in [4.69, 9.17) is 15.2 Å². The van der Waals surface area contributed by atoms with Gasteiger partial charge in [0.05, 0.1) is 19.1 Å². The molecule has 1 saturated carbocycles. The summed E-state index contributed by atoms with van der Waals surface area (Å²) in [5, 5.41) is 0. The first-order valence-corrected chi connectivity index (χ1v) is 7.91. The van der Waals surface area contributed by atoms with Crippen LogP contribution in [-0.4, -0.2) is 55.7 Å². The van der Waals surface area contributed by atoms with Gasteiger partial charge in [-0.25, -0.2) is 0 Å². The van der Waals surface area contributed by atoms with E-state index >= 15 is 0 Å². The topological polar surface area (TPSA) is 81.9 Å². The SMILES string of the molecule is COC(=O)C(C)CN(C)C(=O)C1(N)C2CCCOC2C1(C)C. The van der Waals surface area contributed by atoms with E-state index in [0.717, 1.165) is 19.4 Å². The number of rotatable bonds is 4. The van der Waals surface area contributed by atoms with Gasteiger partial charge in [-0.15, -0.1) is 0 Å². The number of nitrogens with two attached hydrogens (primary N) is 1. The smallest absolute Gasteiger partial charge is 0.310 e. The Morgan fingerprint density at radius 1 is 1.45 bits per heavy atom. The predicted octanol–water partition coefficient (Wildman–Crippen LogP) is 0.786. The van der Waals surface area contributed by atoms with Crippen LogP contribution in [0.2, 0.25) is 0 Å². The van der Waals surface area contributed by atoms with Crippen LogP contribution in [0.1, 0.15) is 33.6 Å². The average molecular weight is 312 g/mol. The first kappa shape index (κ1) is 17.2. The largest absolute Gasteiger partial charge is 0.469 e. The minimum Gasteiger partial charge on any atom is -0.469 e. The maximum absolute atomic E-state index is 13.0. The number of nitrogens with zero attached hydrogens (tertiary/aromatic N) is 1. The quantitative estimate of drug-likeness (QED) is 0.776. The van der Waals surface area contributed by atoms with Gasteiger partial charge < -0.3 is 20.1 Å².